The van der Waals surface area contributed by atoms with Crippen molar-refractivity contribution in [3.63, 3.8) is 0 Å². The van der Waals surface area contributed by atoms with E-state index in [-0.39, 0.29) is 11.8 Å². The van der Waals surface area contributed by atoms with Gasteiger partial charge < -0.3 is 19.3 Å². The van der Waals surface area contributed by atoms with E-state index >= 15 is 0 Å². The Labute approximate surface area is 192 Å². The quantitative estimate of drug-likeness (QED) is 0.692. The molecule has 7 nitrogen and oxygen atoms in total. The average molecular weight is 440 g/mol. The van der Waals surface area contributed by atoms with Crippen molar-refractivity contribution in [2.75, 3.05) is 38.1 Å². The van der Waals surface area contributed by atoms with Crippen LogP contribution in [0.1, 0.15) is 45.1 Å². The third-order valence-electron chi connectivity index (χ3n) is 5.92. The number of nitrogens with zero attached hydrogens (tertiary/aromatic N) is 5. The molecule has 0 radical (unpaired) electrons. The Bertz CT molecular complexity index is 865. The lowest BCUT2D eigenvalue weighted by Gasteiger charge is -2.28. The molecule has 1 aromatic heterocycles. The topological polar surface area (TPSA) is 61.7 Å². The summed E-state index contributed by atoms with van der Waals surface area (Å²) in [6, 6.07) is 8.06. The van der Waals surface area contributed by atoms with E-state index in [0.717, 1.165) is 43.7 Å². The van der Waals surface area contributed by atoms with Crippen molar-refractivity contribution in [2.24, 2.45) is 5.92 Å². The first-order valence-corrected chi connectivity index (χ1v) is 11.7. The number of carbonyl (C=O) groups is 2. The zero-order chi connectivity index (χ0) is 22.9. The Morgan fingerprint density at radius 3 is 2.62 bits per heavy atom. The van der Waals surface area contributed by atoms with Gasteiger partial charge in [0.05, 0.1) is 6.33 Å². The highest BCUT2D eigenvalue weighted by Gasteiger charge is 2.23. The first-order valence-electron chi connectivity index (χ1n) is 11.7. The van der Waals surface area contributed by atoms with E-state index in [0.29, 0.717) is 38.4 Å². The summed E-state index contributed by atoms with van der Waals surface area (Å²) in [4.78, 5) is 36.5. The Hall–Kier alpha value is -2.67. The predicted molar refractivity (Wildman–Crippen MR) is 127 cm³/mol. The summed E-state index contributed by atoms with van der Waals surface area (Å²) in [6.45, 7) is 8.58. The lowest BCUT2D eigenvalue weighted by atomic mass is 10.1. The lowest BCUT2D eigenvalue weighted by molar-refractivity contribution is -0.132. The van der Waals surface area contributed by atoms with Crippen molar-refractivity contribution >= 4 is 17.5 Å². The van der Waals surface area contributed by atoms with E-state index in [4.69, 9.17) is 0 Å². The number of imidazole rings is 1. The van der Waals surface area contributed by atoms with Crippen LogP contribution in [0.25, 0.3) is 0 Å². The Morgan fingerprint density at radius 2 is 1.88 bits per heavy atom. The largest absolute Gasteiger partial charge is 0.337 e. The summed E-state index contributed by atoms with van der Waals surface area (Å²) in [5.74, 6) is 0.629. The predicted octanol–water partition coefficient (Wildman–Crippen LogP) is 3.41. The second kappa shape index (κ2) is 11.8. The van der Waals surface area contributed by atoms with Gasteiger partial charge in [-0.25, -0.2) is 4.98 Å². The molecular weight excluding hydrogens is 402 g/mol. The molecule has 1 aliphatic heterocycles. The van der Waals surface area contributed by atoms with Crippen molar-refractivity contribution in [3.8, 4) is 0 Å². The van der Waals surface area contributed by atoms with Gasteiger partial charge in [0.25, 0.3) is 0 Å². The monoisotopic (exact) mass is 439 g/mol. The molecule has 0 bridgehead atoms. The Balaban J connectivity index is 1.78. The molecule has 2 amide bonds. The first-order chi connectivity index (χ1) is 15.4. The minimum absolute atomic E-state index is 0.160. The van der Waals surface area contributed by atoms with E-state index in [1.807, 2.05) is 38.8 Å². The normalized spacial score (nSPS) is 16.0. The molecule has 0 saturated carbocycles. The summed E-state index contributed by atoms with van der Waals surface area (Å²) in [5, 5.41) is 0. The molecule has 32 heavy (non-hydrogen) atoms. The van der Waals surface area contributed by atoms with E-state index in [9.17, 15) is 9.59 Å². The number of carbonyl (C=O) groups excluding carboxylic acids is 2. The van der Waals surface area contributed by atoms with Gasteiger partial charge in [-0.05, 0) is 44.0 Å². The minimum Gasteiger partial charge on any atom is -0.337 e. The van der Waals surface area contributed by atoms with Crippen LogP contribution in [0.2, 0.25) is 0 Å². The number of aryl methyl sites for hydroxylation is 1. The summed E-state index contributed by atoms with van der Waals surface area (Å²) in [7, 11) is 2.09. The highest BCUT2D eigenvalue weighted by molar-refractivity contribution is 5.94. The van der Waals surface area contributed by atoms with E-state index in [1.54, 1.807) is 12.5 Å². The maximum atomic E-state index is 13.2. The van der Waals surface area contributed by atoms with Crippen LogP contribution >= 0.6 is 0 Å². The molecule has 7 heteroatoms. The summed E-state index contributed by atoms with van der Waals surface area (Å²) >= 11 is 0. The molecule has 0 atom stereocenters. The first kappa shape index (κ1) is 24.0. The average Bonchev–Trinajstić information content (AvgIpc) is 3.26. The van der Waals surface area contributed by atoms with Crippen molar-refractivity contribution in [1.29, 1.82) is 0 Å². The molecule has 2 heterocycles. The number of benzene rings is 1. The number of amides is 2. The molecule has 0 unspecified atom stereocenters. The number of hydrogen-bond acceptors (Lipinski definition) is 4. The summed E-state index contributed by atoms with van der Waals surface area (Å²) in [6.07, 6.45) is 8.18. The molecule has 3 rings (SSSR count). The summed E-state index contributed by atoms with van der Waals surface area (Å²) < 4.78 is 2.00. The van der Waals surface area contributed by atoms with Crippen LogP contribution in [0.5, 0.6) is 0 Å². The zero-order valence-corrected chi connectivity index (χ0v) is 19.7. The van der Waals surface area contributed by atoms with Gasteiger partial charge in [-0.1, -0.05) is 32.0 Å². The van der Waals surface area contributed by atoms with Crippen LogP contribution in [0, 0.1) is 5.92 Å². The van der Waals surface area contributed by atoms with Gasteiger partial charge in [-0.2, -0.15) is 0 Å². The highest BCUT2D eigenvalue weighted by atomic mass is 16.2. The fourth-order valence-corrected chi connectivity index (χ4v) is 4.14. The number of anilines is 1. The van der Waals surface area contributed by atoms with Crippen molar-refractivity contribution in [3.05, 3.63) is 48.5 Å². The van der Waals surface area contributed by atoms with Crippen LogP contribution in [-0.4, -0.2) is 64.4 Å². The number of para-hydroxylation sites is 1. The second-order valence-corrected chi connectivity index (χ2v) is 9.15. The molecule has 1 aliphatic rings. The molecule has 0 N–H and O–H groups in total. The number of hydrogen-bond donors (Lipinski definition) is 0. The van der Waals surface area contributed by atoms with Crippen molar-refractivity contribution < 1.29 is 9.59 Å². The van der Waals surface area contributed by atoms with Gasteiger partial charge in [-0.3, -0.25) is 9.59 Å². The molecule has 0 aliphatic carbocycles. The van der Waals surface area contributed by atoms with Gasteiger partial charge in [0.15, 0.2) is 0 Å². The third kappa shape index (κ3) is 6.92. The fourth-order valence-electron chi connectivity index (χ4n) is 4.14. The second-order valence-electron chi connectivity index (χ2n) is 9.15. The van der Waals surface area contributed by atoms with Crippen molar-refractivity contribution in [2.45, 2.75) is 52.6 Å². The van der Waals surface area contributed by atoms with Crippen LogP contribution < -0.4 is 4.90 Å². The number of aromatic nitrogens is 2. The third-order valence-corrected chi connectivity index (χ3v) is 5.92. The van der Waals surface area contributed by atoms with E-state index < -0.39 is 0 Å². The maximum absolute atomic E-state index is 13.2. The van der Waals surface area contributed by atoms with Gasteiger partial charge in [0.1, 0.15) is 0 Å². The molecule has 0 spiro atoms. The summed E-state index contributed by atoms with van der Waals surface area (Å²) in [5.41, 5.74) is 1.98. The molecular formula is C25H37N5O2. The minimum atomic E-state index is 0.160. The maximum Gasteiger partial charge on any atom is 0.227 e. The number of fused-ring (bicyclic) bond motifs is 1. The standard InChI is InChI=1S/C25H37N5O2/c1-21(2)18-25(32)30-14-7-12-27(3)16-17-29(19-22-8-4-5-9-23(22)30)24(31)10-6-13-28-15-11-26-20-28/h4-5,8-9,11,15,20-21H,6-7,10,12-14,16-19H2,1-3H3. The van der Waals surface area contributed by atoms with Gasteiger partial charge in [0, 0.05) is 63.6 Å². The van der Waals surface area contributed by atoms with Crippen LogP contribution in [0.15, 0.2) is 43.0 Å². The smallest absolute Gasteiger partial charge is 0.227 e. The molecule has 174 valence electrons. The Morgan fingerprint density at radius 1 is 1.06 bits per heavy atom. The zero-order valence-electron chi connectivity index (χ0n) is 19.7. The highest BCUT2D eigenvalue weighted by Crippen LogP contribution is 2.25. The van der Waals surface area contributed by atoms with E-state index in [2.05, 4.69) is 36.8 Å². The van der Waals surface area contributed by atoms with E-state index in [1.165, 1.54) is 0 Å². The molecule has 0 saturated heterocycles. The lowest BCUT2D eigenvalue weighted by Crippen LogP contribution is -2.37. The fraction of sp³-hybridized carbons (Fsp3) is 0.560. The Kier molecular flexibility index (Phi) is 8.85. The molecule has 0 fully saturated rings. The van der Waals surface area contributed by atoms with Crippen molar-refractivity contribution in [1.82, 2.24) is 19.4 Å². The number of rotatable bonds is 6. The van der Waals surface area contributed by atoms with Gasteiger partial charge in [0.2, 0.25) is 11.8 Å². The van der Waals surface area contributed by atoms with Crippen LogP contribution in [0.3, 0.4) is 0 Å². The molecule has 2 aromatic rings. The SMILES string of the molecule is CC(C)CC(=O)N1CCCN(C)CCN(C(=O)CCCn2ccnc2)Cc2ccccc21. The van der Waals surface area contributed by atoms with Gasteiger partial charge in [-0.15, -0.1) is 0 Å². The van der Waals surface area contributed by atoms with Crippen LogP contribution in [-0.2, 0) is 22.7 Å². The van der Waals surface area contributed by atoms with Crippen LogP contribution in [0.4, 0.5) is 5.69 Å². The van der Waals surface area contributed by atoms with Gasteiger partial charge >= 0.3 is 0 Å². The number of likely N-dealkylation sites (N-methyl/N-ethyl adjacent to an activating group) is 1. The molecule has 1 aromatic carbocycles.